The third-order valence-corrected chi connectivity index (χ3v) is 6.57. The van der Waals surface area contributed by atoms with Crippen molar-refractivity contribution in [2.45, 2.75) is 19.0 Å². The van der Waals surface area contributed by atoms with Crippen molar-refractivity contribution in [1.29, 1.82) is 0 Å². The van der Waals surface area contributed by atoms with Crippen LogP contribution in [0.5, 0.6) is 11.5 Å². The van der Waals surface area contributed by atoms with Gasteiger partial charge in [0.2, 0.25) is 6.79 Å². The number of carbonyl (C=O) groups is 1. The van der Waals surface area contributed by atoms with E-state index in [2.05, 4.69) is 14.8 Å². The molecule has 7 nitrogen and oxygen atoms in total. The number of aryl methyl sites for hydroxylation is 1. The topological polar surface area (TPSA) is 71.2 Å². The number of thioether (sulfide) groups is 1. The Kier molecular flexibility index (Phi) is 5.22. The fourth-order valence-electron chi connectivity index (χ4n) is 3.95. The zero-order chi connectivity index (χ0) is 22.2. The van der Waals surface area contributed by atoms with Crippen LogP contribution in [0.3, 0.4) is 0 Å². The van der Waals surface area contributed by atoms with E-state index >= 15 is 0 Å². The van der Waals surface area contributed by atoms with E-state index in [-0.39, 0.29) is 18.3 Å². The Hall–Kier alpha value is -3.52. The number of ether oxygens (including phenoxy) is 2. The molecule has 1 aliphatic heterocycles. The first-order valence-electron chi connectivity index (χ1n) is 10.2. The summed E-state index contributed by atoms with van der Waals surface area (Å²) in [4.78, 5) is 13.1. The minimum atomic E-state index is 0.0550. The number of nitrogens with zero attached hydrogens (tertiary/aromatic N) is 4. The maximum Gasteiger partial charge on any atom is 0.231 e. The summed E-state index contributed by atoms with van der Waals surface area (Å²) in [6, 6.07) is 17.6. The Bertz CT molecular complexity index is 1310. The van der Waals surface area contributed by atoms with Crippen LogP contribution in [0.15, 0.2) is 59.8 Å². The van der Waals surface area contributed by atoms with E-state index < -0.39 is 0 Å². The van der Waals surface area contributed by atoms with Crippen LogP contribution in [0.25, 0.3) is 17.1 Å². The molecule has 0 saturated carbocycles. The maximum absolute atomic E-state index is 13.1. The van der Waals surface area contributed by atoms with E-state index in [9.17, 15) is 4.79 Å². The van der Waals surface area contributed by atoms with E-state index in [0.717, 1.165) is 40.0 Å². The minimum Gasteiger partial charge on any atom is -0.454 e. The Morgan fingerprint density at radius 2 is 1.81 bits per heavy atom. The van der Waals surface area contributed by atoms with Crippen LogP contribution in [-0.2, 0) is 7.05 Å². The van der Waals surface area contributed by atoms with Crippen molar-refractivity contribution in [3.8, 4) is 28.6 Å². The molecule has 4 aromatic rings. The second kappa shape index (κ2) is 8.20. The summed E-state index contributed by atoms with van der Waals surface area (Å²) in [5.74, 6) is 2.57. The number of fused-ring (bicyclic) bond motifs is 1. The molecule has 8 heteroatoms. The van der Waals surface area contributed by atoms with Gasteiger partial charge in [-0.2, -0.15) is 0 Å². The van der Waals surface area contributed by atoms with Crippen molar-refractivity contribution < 1.29 is 14.3 Å². The molecule has 0 bridgehead atoms. The Balaban J connectivity index is 1.35. The first-order chi connectivity index (χ1) is 15.5. The van der Waals surface area contributed by atoms with Gasteiger partial charge in [-0.3, -0.25) is 4.79 Å². The van der Waals surface area contributed by atoms with Crippen molar-refractivity contribution in [3.63, 3.8) is 0 Å². The second-order valence-corrected chi connectivity index (χ2v) is 8.54. The van der Waals surface area contributed by atoms with E-state index in [1.807, 2.05) is 80.1 Å². The summed E-state index contributed by atoms with van der Waals surface area (Å²) in [5.41, 5.74) is 4.53. The number of aromatic nitrogens is 4. The number of carbonyl (C=O) groups excluding carboxylic acids is 1. The Morgan fingerprint density at radius 1 is 1.03 bits per heavy atom. The quantitative estimate of drug-likeness (QED) is 0.319. The second-order valence-electron chi connectivity index (χ2n) is 7.60. The number of hydrogen-bond acceptors (Lipinski definition) is 6. The third kappa shape index (κ3) is 3.56. The highest BCUT2D eigenvalue weighted by atomic mass is 32.2. The molecule has 0 atom stereocenters. The lowest BCUT2D eigenvalue weighted by Gasteiger charge is -2.10. The molecule has 0 N–H and O–H groups in total. The molecule has 3 heterocycles. The zero-order valence-electron chi connectivity index (χ0n) is 18.0. The van der Waals surface area contributed by atoms with Crippen LogP contribution in [-0.4, -0.2) is 37.7 Å². The first kappa shape index (κ1) is 20.4. The normalized spacial score (nSPS) is 12.3. The zero-order valence-corrected chi connectivity index (χ0v) is 18.8. The van der Waals surface area contributed by atoms with Gasteiger partial charge in [-0.15, -0.1) is 10.2 Å². The Morgan fingerprint density at radius 3 is 2.62 bits per heavy atom. The van der Waals surface area contributed by atoms with Gasteiger partial charge in [0.1, 0.15) is 0 Å². The molecule has 0 radical (unpaired) electrons. The van der Waals surface area contributed by atoms with Crippen LogP contribution in [0.1, 0.15) is 21.7 Å². The van der Waals surface area contributed by atoms with E-state index in [1.54, 1.807) is 0 Å². The summed E-state index contributed by atoms with van der Waals surface area (Å²) in [6.07, 6.45) is 0. The van der Waals surface area contributed by atoms with Crippen LogP contribution in [0, 0.1) is 13.8 Å². The summed E-state index contributed by atoms with van der Waals surface area (Å²) < 4.78 is 14.9. The number of rotatable bonds is 6. The molecule has 0 saturated heterocycles. The lowest BCUT2D eigenvalue weighted by molar-refractivity contribution is 0.102. The van der Waals surface area contributed by atoms with Crippen LogP contribution < -0.4 is 9.47 Å². The molecule has 0 fully saturated rings. The van der Waals surface area contributed by atoms with Gasteiger partial charge in [0, 0.05) is 41.3 Å². The molecule has 2 aromatic carbocycles. The van der Waals surface area contributed by atoms with Crippen molar-refractivity contribution in [2.75, 3.05) is 12.5 Å². The fraction of sp³-hybridized carbons (Fsp3) is 0.208. The van der Waals surface area contributed by atoms with Crippen LogP contribution >= 0.6 is 11.8 Å². The van der Waals surface area contributed by atoms with Gasteiger partial charge in [0.05, 0.1) is 5.75 Å². The molecule has 0 unspecified atom stereocenters. The largest absolute Gasteiger partial charge is 0.454 e. The molecule has 0 spiro atoms. The first-order valence-corrected chi connectivity index (χ1v) is 11.2. The van der Waals surface area contributed by atoms with Gasteiger partial charge >= 0.3 is 0 Å². The lowest BCUT2D eigenvalue weighted by atomic mass is 10.2. The predicted octanol–water partition coefficient (Wildman–Crippen LogP) is 4.59. The third-order valence-electron chi connectivity index (χ3n) is 5.55. The van der Waals surface area contributed by atoms with Gasteiger partial charge in [0.25, 0.3) is 0 Å². The molecule has 5 rings (SSSR count). The molecule has 2 aromatic heterocycles. The Labute approximate surface area is 190 Å². The molecule has 1 aliphatic rings. The van der Waals surface area contributed by atoms with Gasteiger partial charge in [-0.1, -0.05) is 42.1 Å². The van der Waals surface area contributed by atoms with Crippen molar-refractivity contribution >= 4 is 17.5 Å². The molecular formula is C24H22N4O3S. The minimum absolute atomic E-state index is 0.0550. The van der Waals surface area contributed by atoms with E-state index in [4.69, 9.17) is 9.47 Å². The average molecular weight is 447 g/mol. The fourth-order valence-corrected chi connectivity index (χ4v) is 4.75. The summed E-state index contributed by atoms with van der Waals surface area (Å²) in [7, 11) is 1.92. The van der Waals surface area contributed by atoms with Gasteiger partial charge in [0.15, 0.2) is 28.3 Å². The summed E-state index contributed by atoms with van der Waals surface area (Å²) in [5, 5.41) is 9.28. The molecule has 0 aliphatic carbocycles. The molecule has 32 heavy (non-hydrogen) atoms. The smallest absolute Gasteiger partial charge is 0.231 e. The molecule has 0 amide bonds. The van der Waals surface area contributed by atoms with Crippen molar-refractivity contribution in [3.05, 3.63) is 71.5 Å². The number of benzene rings is 2. The lowest BCUT2D eigenvalue weighted by Crippen LogP contribution is -2.06. The SMILES string of the molecule is Cc1cc(C(=O)CSc2nnc(-c3ccccc3)n2C)c(C)n1-c1ccc2c(c1)OCO2. The molecular weight excluding hydrogens is 424 g/mol. The molecule has 162 valence electrons. The monoisotopic (exact) mass is 446 g/mol. The van der Waals surface area contributed by atoms with Crippen molar-refractivity contribution in [2.24, 2.45) is 7.05 Å². The van der Waals surface area contributed by atoms with Crippen LogP contribution in [0.4, 0.5) is 0 Å². The van der Waals surface area contributed by atoms with Gasteiger partial charge in [-0.05, 0) is 32.0 Å². The highest BCUT2D eigenvalue weighted by Gasteiger charge is 2.20. The highest BCUT2D eigenvalue weighted by Crippen LogP contribution is 2.35. The average Bonchev–Trinajstić information content (AvgIpc) is 3.49. The standard InChI is InChI=1S/C24H22N4O3S/c1-15-11-19(16(2)28(15)18-9-10-21-22(12-18)31-14-30-21)20(29)13-32-24-26-25-23(27(24)3)17-7-5-4-6-8-17/h4-12H,13-14H2,1-3H3. The number of hydrogen-bond donors (Lipinski definition) is 0. The summed E-state index contributed by atoms with van der Waals surface area (Å²) in [6.45, 7) is 4.19. The van der Waals surface area contributed by atoms with Crippen molar-refractivity contribution in [1.82, 2.24) is 19.3 Å². The number of Topliss-reactive ketones (excluding diaryl/α,β-unsaturated/α-hetero) is 1. The van der Waals surface area contributed by atoms with E-state index in [0.29, 0.717) is 10.7 Å². The maximum atomic E-state index is 13.1. The van der Waals surface area contributed by atoms with Gasteiger partial charge in [-0.25, -0.2) is 0 Å². The predicted molar refractivity (Wildman–Crippen MR) is 123 cm³/mol. The number of ketones is 1. The van der Waals surface area contributed by atoms with Gasteiger partial charge < -0.3 is 18.6 Å². The van der Waals surface area contributed by atoms with E-state index in [1.165, 1.54) is 11.8 Å². The van der Waals surface area contributed by atoms with Crippen LogP contribution in [0.2, 0.25) is 0 Å². The summed E-state index contributed by atoms with van der Waals surface area (Å²) >= 11 is 1.40. The highest BCUT2D eigenvalue weighted by molar-refractivity contribution is 7.99.